The maximum atomic E-state index is 11.5. The van der Waals surface area contributed by atoms with Gasteiger partial charge in [-0.3, -0.25) is 0 Å². The number of benzene rings is 1. The van der Waals surface area contributed by atoms with E-state index >= 15 is 0 Å². The molecule has 1 amide bonds. The van der Waals surface area contributed by atoms with E-state index in [0.717, 1.165) is 0 Å². The number of carbonyl (C=O) groups excluding carboxylic acids is 1. The van der Waals surface area contributed by atoms with Crippen LogP contribution >= 0.6 is 0 Å². The highest BCUT2D eigenvalue weighted by Crippen LogP contribution is 2.10. The molecule has 0 unspecified atom stereocenters. The molecule has 2 N–H and O–H groups in total. The summed E-state index contributed by atoms with van der Waals surface area (Å²) in [5, 5.41) is 7.77. The second-order valence-corrected chi connectivity index (χ2v) is 4.94. The van der Waals surface area contributed by atoms with E-state index in [4.69, 9.17) is 10.5 Å². The molecular weight excluding hydrogens is 246 g/mol. The molecule has 0 atom stereocenters. The fraction of sp³-hybridized carbons (Fsp3) is 0.333. The van der Waals surface area contributed by atoms with Crippen molar-refractivity contribution < 1.29 is 9.53 Å². The van der Waals surface area contributed by atoms with Crippen molar-refractivity contribution in [2.24, 2.45) is 10.7 Å². The Morgan fingerprint density at radius 2 is 2.05 bits per heavy atom. The fourth-order valence-electron chi connectivity index (χ4n) is 1.46. The number of carbonyl (C=O) groups is 1. The zero-order valence-electron chi connectivity index (χ0n) is 11.0. The smallest absolute Gasteiger partial charge is 0.437 e. The van der Waals surface area contributed by atoms with Crippen LogP contribution in [0.5, 0.6) is 0 Å². The third-order valence-corrected chi connectivity index (χ3v) is 2.17. The number of ether oxygens (including phenoxy) is 1. The minimum absolute atomic E-state index is 0.0806. The van der Waals surface area contributed by atoms with E-state index in [1.54, 1.807) is 32.9 Å². The van der Waals surface area contributed by atoms with Gasteiger partial charge in [0.15, 0.2) is 0 Å². The standard InChI is InChI=1S/C12H15N5O2/c1-12(2,3)19-11(18)14-10(13)17-9-7-5-4-6-8(9)15-16-17/h4-7H,1-3H3,(H2,13,14,18). The molecule has 0 saturated carbocycles. The van der Waals surface area contributed by atoms with E-state index in [1.165, 1.54) is 4.68 Å². The third kappa shape index (κ3) is 3.06. The highest BCUT2D eigenvalue weighted by Gasteiger charge is 2.17. The molecule has 0 aliphatic rings. The predicted octanol–water partition coefficient (Wildman–Crippen LogP) is 1.53. The van der Waals surface area contributed by atoms with E-state index in [2.05, 4.69) is 15.3 Å². The molecule has 0 fully saturated rings. The van der Waals surface area contributed by atoms with E-state index < -0.39 is 11.7 Å². The molecule has 0 spiro atoms. The van der Waals surface area contributed by atoms with Gasteiger partial charge in [0.2, 0.25) is 5.96 Å². The fourth-order valence-corrected chi connectivity index (χ4v) is 1.46. The first kappa shape index (κ1) is 13.0. The van der Waals surface area contributed by atoms with Crippen molar-refractivity contribution in [3.8, 4) is 0 Å². The SMILES string of the molecule is CC(C)(C)OC(=O)/N=C(\N)n1nnc2ccccc21. The van der Waals surface area contributed by atoms with E-state index in [9.17, 15) is 4.79 Å². The van der Waals surface area contributed by atoms with Crippen molar-refractivity contribution in [1.82, 2.24) is 15.0 Å². The normalized spacial score (nSPS) is 12.7. The lowest BCUT2D eigenvalue weighted by molar-refractivity contribution is 0.0603. The summed E-state index contributed by atoms with van der Waals surface area (Å²) >= 11 is 0. The Hall–Kier alpha value is -2.44. The minimum atomic E-state index is -0.760. The average molecular weight is 261 g/mol. The van der Waals surface area contributed by atoms with Gasteiger partial charge in [0.05, 0.1) is 5.52 Å². The van der Waals surface area contributed by atoms with Gasteiger partial charge in [-0.2, -0.15) is 4.68 Å². The van der Waals surface area contributed by atoms with Gasteiger partial charge >= 0.3 is 6.09 Å². The molecule has 100 valence electrons. The van der Waals surface area contributed by atoms with Gasteiger partial charge in [0.1, 0.15) is 11.1 Å². The van der Waals surface area contributed by atoms with Crippen LogP contribution in [0.4, 0.5) is 4.79 Å². The lowest BCUT2D eigenvalue weighted by Gasteiger charge is -2.17. The number of aliphatic imine (C=N–C) groups is 1. The molecule has 2 rings (SSSR count). The first-order chi connectivity index (χ1) is 8.87. The lowest BCUT2D eigenvalue weighted by Crippen LogP contribution is -2.28. The molecule has 1 heterocycles. The van der Waals surface area contributed by atoms with Crippen molar-refractivity contribution >= 4 is 23.1 Å². The zero-order chi connectivity index (χ0) is 14.0. The van der Waals surface area contributed by atoms with E-state index in [0.29, 0.717) is 11.0 Å². The second kappa shape index (κ2) is 4.68. The molecule has 7 heteroatoms. The van der Waals surface area contributed by atoms with Gasteiger partial charge in [-0.05, 0) is 32.9 Å². The summed E-state index contributed by atoms with van der Waals surface area (Å²) in [6.07, 6.45) is -0.760. The van der Waals surface area contributed by atoms with Crippen LogP contribution in [0.2, 0.25) is 0 Å². The summed E-state index contributed by atoms with van der Waals surface area (Å²) in [4.78, 5) is 15.2. The number of para-hydroxylation sites is 1. The van der Waals surface area contributed by atoms with Crippen LogP contribution < -0.4 is 5.73 Å². The molecule has 1 aromatic heterocycles. The predicted molar refractivity (Wildman–Crippen MR) is 70.8 cm³/mol. The first-order valence-electron chi connectivity index (χ1n) is 5.75. The zero-order valence-corrected chi connectivity index (χ0v) is 11.0. The van der Waals surface area contributed by atoms with Gasteiger partial charge in [-0.25, -0.2) is 4.79 Å². The molecule has 2 aromatic rings. The largest absolute Gasteiger partial charge is 0.442 e. The van der Waals surface area contributed by atoms with Crippen molar-refractivity contribution in [2.75, 3.05) is 0 Å². The van der Waals surface area contributed by atoms with E-state index in [1.807, 2.05) is 12.1 Å². The Morgan fingerprint density at radius 3 is 2.74 bits per heavy atom. The number of nitrogens with two attached hydrogens (primary N) is 1. The van der Waals surface area contributed by atoms with E-state index in [-0.39, 0.29) is 5.96 Å². The van der Waals surface area contributed by atoms with Crippen molar-refractivity contribution in [3.63, 3.8) is 0 Å². The van der Waals surface area contributed by atoms with Crippen molar-refractivity contribution in [3.05, 3.63) is 24.3 Å². The average Bonchev–Trinajstić information content (AvgIpc) is 2.69. The molecule has 19 heavy (non-hydrogen) atoms. The summed E-state index contributed by atoms with van der Waals surface area (Å²) < 4.78 is 6.34. The minimum Gasteiger partial charge on any atom is -0.442 e. The highest BCUT2D eigenvalue weighted by atomic mass is 16.6. The topological polar surface area (TPSA) is 95.4 Å². The third-order valence-electron chi connectivity index (χ3n) is 2.17. The Bertz CT molecular complexity index is 639. The van der Waals surface area contributed by atoms with Gasteiger partial charge < -0.3 is 10.5 Å². The van der Waals surface area contributed by atoms with Crippen LogP contribution in [-0.4, -0.2) is 32.6 Å². The van der Waals surface area contributed by atoms with Crippen molar-refractivity contribution in [1.29, 1.82) is 0 Å². The van der Waals surface area contributed by atoms with Gasteiger partial charge in [0, 0.05) is 0 Å². The Balaban J connectivity index is 2.29. The molecule has 1 aromatic carbocycles. The summed E-state index contributed by atoms with van der Waals surface area (Å²) in [6.45, 7) is 5.25. The maximum Gasteiger partial charge on any atom is 0.437 e. The van der Waals surface area contributed by atoms with Crippen LogP contribution in [0.3, 0.4) is 0 Å². The molecule has 0 aliphatic heterocycles. The molecule has 0 saturated heterocycles. The molecule has 0 bridgehead atoms. The molecule has 0 aliphatic carbocycles. The van der Waals surface area contributed by atoms with Gasteiger partial charge in [0.25, 0.3) is 0 Å². The quantitative estimate of drug-likeness (QED) is 0.573. The molecule has 0 radical (unpaired) electrons. The van der Waals surface area contributed by atoms with Crippen LogP contribution in [0.1, 0.15) is 20.8 Å². The Labute approximate surface area is 110 Å². The maximum absolute atomic E-state index is 11.5. The summed E-state index contributed by atoms with van der Waals surface area (Å²) in [7, 11) is 0. The van der Waals surface area contributed by atoms with Gasteiger partial charge in [-0.1, -0.05) is 17.3 Å². The summed E-state index contributed by atoms with van der Waals surface area (Å²) in [6, 6.07) is 7.23. The number of aromatic nitrogens is 3. The summed E-state index contributed by atoms with van der Waals surface area (Å²) in [5.41, 5.74) is 6.46. The lowest BCUT2D eigenvalue weighted by atomic mass is 10.2. The first-order valence-corrected chi connectivity index (χ1v) is 5.75. The van der Waals surface area contributed by atoms with Gasteiger partial charge in [-0.15, -0.1) is 10.1 Å². The monoisotopic (exact) mass is 261 g/mol. The number of fused-ring (bicyclic) bond motifs is 1. The number of hydrogen-bond donors (Lipinski definition) is 1. The number of amides is 1. The Morgan fingerprint density at radius 1 is 1.37 bits per heavy atom. The van der Waals surface area contributed by atoms with Crippen LogP contribution in [-0.2, 0) is 4.74 Å². The van der Waals surface area contributed by atoms with Crippen molar-refractivity contribution in [2.45, 2.75) is 26.4 Å². The second-order valence-electron chi connectivity index (χ2n) is 4.94. The molecule has 7 nitrogen and oxygen atoms in total. The summed E-state index contributed by atoms with van der Waals surface area (Å²) in [5.74, 6) is -0.0806. The number of rotatable bonds is 0. The number of hydrogen-bond acceptors (Lipinski definition) is 4. The van der Waals surface area contributed by atoms with Crippen LogP contribution in [0, 0.1) is 0 Å². The molecular formula is C12H15N5O2. The van der Waals surface area contributed by atoms with Crippen LogP contribution in [0.15, 0.2) is 29.3 Å². The van der Waals surface area contributed by atoms with Crippen LogP contribution in [0.25, 0.3) is 11.0 Å². The Kier molecular flexibility index (Phi) is 3.20. The highest BCUT2D eigenvalue weighted by molar-refractivity contribution is 5.95. The number of nitrogens with zero attached hydrogens (tertiary/aromatic N) is 4.